The van der Waals surface area contributed by atoms with Crippen molar-refractivity contribution in [1.29, 1.82) is 0 Å². The van der Waals surface area contributed by atoms with Gasteiger partial charge < -0.3 is 4.74 Å². The molecule has 0 N–H and O–H groups in total. The molecule has 0 aliphatic rings. The van der Waals surface area contributed by atoms with E-state index in [2.05, 4.69) is 28.1 Å². The molecule has 3 heteroatoms. The topological polar surface area (TPSA) is 26.3 Å². The van der Waals surface area contributed by atoms with Crippen LogP contribution >= 0.6 is 15.9 Å². The fourth-order valence-corrected chi connectivity index (χ4v) is 2.64. The number of aryl methyl sites for hydroxylation is 1. The van der Waals surface area contributed by atoms with E-state index in [4.69, 9.17) is 4.74 Å². The van der Waals surface area contributed by atoms with Crippen LogP contribution in [0.4, 0.5) is 0 Å². The molecule has 0 fully saturated rings. The Hall–Kier alpha value is -1.61. The second kappa shape index (κ2) is 7.99. The third kappa shape index (κ3) is 5.01. The van der Waals surface area contributed by atoms with Crippen LogP contribution in [0.2, 0.25) is 0 Å². The Morgan fingerprint density at radius 1 is 1.14 bits per heavy atom. The van der Waals surface area contributed by atoms with Gasteiger partial charge in [0.1, 0.15) is 11.5 Å². The lowest BCUT2D eigenvalue weighted by atomic mass is 10.0. The molecule has 0 atom stereocenters. The molecule has 0 radical (unpaired) electrons. The van der Waals surface area contributed by atoms with Gasteiger partial charge >= 0.3 is 0 Å². The lowest BCUT2D eigenvalue weighted by molar-refractivity contribution is -0.118. The Bertz CT molecular complexity index is 593. The van der Waals surface area contributed by atoms with E-state index in [0.29, 0.717) is 12.8 Å². The first-order chi connectivity index (χ1) is 10.2. The highest BCUT2D eigenvalue weighted by Crippen LogP contribution is 2.23. The predicted molar refractivity (Wildman–Crippen MR) is 88.8 cm³/mol. The summed E-state index contributed by atoms with van der Waals surface area (Å²) in [5.74, 6) is 1.05. The normalized spacial score (nSPS) is 10.4. The Kier molecular flexibility index (Phi) is 6.00. The highest BCUT2D eigenvalue weighted by atomic mass is 79.9. The summed E-state index contributed by atoms with van der Waals surface area (Å²) >= 11 is 3.49. The minimum absolute atomic E-state index is 0.264. The van der Waals surface area contributed by atoms with E-state index in [1.807, 2.05) is 36.4 Å². The summed E-state index contributed by atoms with van der Waals surface area (Å²) in [5, 5.41) is 0. The number of carbonyl (C=O) groups excluding carboxylic acids is 1. The van der Waals surface area contributed by atoms with Gasteiger partial charge in [0, 0.05) is 17.3 Å². The standard InChI is InChI=1S/C18H19BrO2/c1-21-17-10-11-18(19)15(13-17)12-16(20)9-5-8-14-6-3-2-4-7-14/h2-4,6-7,10-11,13H,5,8-9,12H2,1H3. The second-order valence-corrected chi connectivity index (χ2v) is 5.87. The van der Waals surface area contributed by atoms with Crippen LogP contribution in [0.1, 0.15) is 24.0 Å². The molecule has 0 aliphatic carbocycles. The van der Waals surface area contributed by atoms with Gasteiger partial charge in [0.15, 0.2) is 0 Å². The third-order valence-corrected chi connectivity index (χ3v) is 4.18. The van der Waals surface area contributed by atoms with Crippen molar-refractivity contribution in [3.63, 3.8) is 0 Å². The molecule has 0 saturated heterocycles. The number of Topliss-reactive ketones (excluding diaryl/α,β-unsaturated/α-hetero) is 1. The summed E-state index contributed by atoms with van der Waals surface area (Å²) in [7, 11) is 1.63. The Labute approximate surface area is 134 Å². The van der Waals surface area contributed by atoms with Gasteiger partial charge in [0.2, 0.25) is 0 Å². The number of carbonyl (C=O) groups is 1. The molecule has 0 heterocycles. The monoisotopic (exact) mass is 346 g/mol. The van der Waals surface area contributed by atoms with Crippen molar-refractivity contribution in [1.82, 2.24) is 0 Å². The summed E-state index contributed by atoms with van der Waals surface area (Å²) in [6.45, 7) is 0. The smallest absolute Gasteiger partial charge is 0.137 e. The zero-order chi connectivity index (χ0) is 15.1. The number of halogens is 1. The van der Waals surface area contributed by atoms with E-state index in [0.717, 1.165) is 28.6 Å². The van der Waals surface area contributed by atoms with Crippen molar-refractivity contribution < 1.29 is 9.53 Å². The summed E-state index contributed by atoms with van der Waals surface area (Å²) in [5.41, 5.74) is 2.27. The molecular weight excluding hydrogens is 328 g/mol. The van der Waals surface area contributed by atoms with Gasteiger partial charge in [-0.1, -0.05) is 46.3 Å². The van der Waals surface area contributed by atoms with Crippen LogP contribution in [0.25, 0.3) is 0 Å². The van der Waals surface area contributed by atoms with Gasteiger partial charge in [-0.15, -0.1) is 0 Å². The highest BCUT2D eigenvalue weighted by molar-refractivity contribution is 9.10. The zero-order valence-corrected chi connectivity index (χ0v) is 13.7. The van der Waals surface area contributed by atoms with Crippen molar-refractivity contribution >= 4 is 21.7 Å². The molecule has 0 saturated carbocycles. The van der Waals surface area contributed by atoms with E-state index in [1.54, 1.807) is 7.11 Å². The quantitative estimate of drug-likeness (QED) is 0.732. The highest BCUT2D eigenvalue weighted by Gasteiger charge is 2.08. The van der Waals surface area contributed by atoms with Gasteiger partial charge in [0.25, 0.3) is 0 Å². The van der Waals surface area contributed by atoms with Crippen molar-refractivity contribution in [2.45, 2.75) is 25.7 Å². The number of hydrogen-bond acceptors (Lipinski definition) is 2. The first-order valence-electron chi connectivity index (χ1n) is 7.07. The molecule has 0 aromatic heterocycles. The molecule has 21 heavy (non-hydrogen) atoms. The van der Waals surface area contributed by atoms with E-state index in [1.165, 1.54) is 5.56 Å². The third-order valence-electron chi connectivity index (χ3n) is 3.40. The van der Waals surface area contributed by atoms with Crippen molar-refractivity contribution in [3.05, 3.63) is 64.1 Å². The maximum atomic E-state index is 12.1. The number of benzene rings is 2. The van der Waals surface area contributed by atoms with Gasteiger partial charge in [-0.3, -0.25) is 4.79 Å². The first-order valence-corrected chi connectivity index (χ1v) is 7.86. The summed E-state index contributed by atoms with van der Waals surface area (Å²) in [4.78, 5) is 12.1. The van der Waals surface area contributed by atoms with Crippen LogP contribution in [-0.2, 0) is 17.6 Å². The van der Waals surface area contributed by atoms with Gasteiger partial charge in [-0.05, 0) is 42.2 Å². The van der Waals surface area contributed by atoms with E-state index in [-0.39, 0.29) is 5.78 Å². The zero-order valence-electron chi connectivity index (χ0n) is 12.1. The molecule has 2 aromatic rings. The van der Waals surface area contributed by atoms with Crippen molar-refractivity contribution in [2.75, 3.05) is 7.11 Å². The second-order valence-electron chi connectivity index (χ2n) is 5.01. The van der Waals surface area contributed by atoms with Crippen LogP contribution in [0.5, 0.6) is 5.75 Å². The predicted octanol–water partition coefficient (Wildman–Crippen LogP) is 4.59. The lowest BCUT2D eigenvalue weighted by Crippen LogP contribution is -2.04. The molecule has 2 rings (SSSR count). The summed E-state index contributed by atoms with van der Waals surface area (Å²) in [6.07, 6.45) is 2.90. The largest absolute Gasteiger partial charge is 0.497 e. The van der Waals surface area contributed by atoms with Crippen LogP contribution in [0, 0.1) is 0 Å². The number of ether oxygens (including phenoxy) is 1. The lowest BCUT2D eigenvalue weighted by Gasteiger charge is -2.07. The van der Waals surface area contributed by atoms with E-state index >= 15 is 0 Å². The SMILES string of the molecule is COc1ccc(Br)c(CC(=O)CCCc2ccccc2)c1. The molecule has 0 bridgehead atoms. The van der Waals surface area contributed by atoms with Crippen LogP contribution in [0.15, 0.2) is 53.0 Å². The Balaban J connectivity index is 1.84. The first kappa shape index (κ1) is 15.8. The molecule has 110 valence electrons. The van der Waals surface area contributed by atoms with Crippen LogP contribution in [0.3, 0.4) is 0 Å². The maximum absolute atomic E-state index is 12.1. The maximum Gasteiger partial charge on any atom is 0.137 e. The molecular formula is C18H19BrO2. The average Bonchev–Trinajstić information content (AvgIpc) is 2.50. The molecule has 0 aliphatic heterocycles. The van der Waals surface area contributed by atoms with Crippen LogP contribution in [-0.4, -0.2) is 12.9 Å². The number of hydrogen-bond donors (Lipinski definition) is 0. The van der Waals surface area contributed by atoms with E-state index < -0.39 is 0 Å². The fourth-order valence-electron chi connectivity index (χ4n) is 2.25. The molecule has 0 unspecified atom stereocenters. The molecule has 0 amide bonds. The molecule has 2 aromatic carbocycles. The number of rotatable bonds is 7. The van der Waals surface area contributed by atoms with Gasteiger partial charge in [-0.25, -0.2) is 0 Å². The number of ketones is 1. The van der Waals surface area contributed by atoms with E-state index in [9.17, 15) is 4.79 Å². The molecule has 2 nitrogen and oxygen atoms in total. The van der Waals surface area contributed by atoms with Crippen molar-refractivity contribution in [2.24, 2.45) is 0 Å². The molecule has 0 spiro atoms. The average molecular weight is 347 g/mol. The van der Waals surface area contributed by atoms with Crippen LogP contribution < -0.4 is 4.74 Å². The number of methoxy groups -OCH3 is 1. The van der Waals surface area contributed by atoms with Gasteiger partial charge in [-0.2, -0.15) is 0 Å². The minimum Gasteiger partial charge on any atom is -0.497 e. The summed E-state index contributed by atoms with van der Waals surface area (Å²) in [6, 6.07) is 16.0. The minimum atomic E-state index is 0.264. The van der Waals surface area contributed by atoms with Gasteiger partial charge in [0.05, 0.1) is 7.11 Å². The summed E-state index contributed by atoms with van der Waals surface area (Å²) < 4.78 is 6.16. The fraction of sp³-hybridized carbons (Fsp3) is 0.278. The Morgan fingerprint density at radius 3 is 2.62 bits per heavy atom. The van der Waals surface area contributed by atoms with Crippen molar-refractivity contribution in [3.8, 4) is 5.75 Å². The Morgan fingerprint density at radius 2 is 1.90 bits per heavy atom.